The van der Waals surface area contributed by atoms with E-state index in [1.165, 1.54) is 6.33 Å². The lowest BCUT2D eigenvalue weighted by Gasteiger charge is -2.19. The Morgan fingerprint density at radius 2 is 1.86 bits per heavy atom. The van der Waals surface area contributed by atoms with Crippen LogP contribution in [0.5, 0.6) is 5.75 Å². The molecule has 1 atom stereocenters. The van der Waals surface area contributed by atoms with Gasteiger partial charge in [0.15, 0.2) is 0 Å². The molecule has 0 bridgehead atoms. The maximum atomic E-state index is 9.94. The van der Waals surface area contributed by atoms with Gasteiger partial charge in [-0.15, -0.1) is 0 Å². The molecule has 21 heavy (non-hydrogen) atoms. The molecule has 5 heteroatoms. The summed E-state index contributed by atoms with van der Waals surface area (Å²) < 4.78 is 1.71. The van der Waals surface area contributed by atoms with Crippen molar-refractivity contribution in [3.63, 3.8) is 0 Å². The molecular weight excluding hydrogens is 264 g/mol. The Kier molecular flexibility index (Phi) is 3.55. The summed E-state index contributed by atoms with van der Waals surface area (Å²) in [6.45, 7) is 2.01. The molecule has 106 valence electrons. The summed E-state index contributed by atoms with van der Waals surface area (Å²) in [5.41, 5.74) is 2.70. The molecule has 0 aliphatic heterocycles. The van der Waals surface area contributed by atoms with Gasteiger partial charge in [-0.05, 0) is 25.1 Å². The van der Waals surface area contributed by atoms with Crippen LogP contribution in [0.2, 0.25) is 0 Å². The molecule has 0 radical (unpaired) electrons. The predicted molar refractivity (Wildman–Crippen MR) is 81.5 cm³/mol. The van der Waals surface area contributed by atoms with Crippen molar-refractivity contribution in [2.75, 3.05) is 5.32 Å². The number of benzene rings is 2. The molecule has 2 aromatic carbocycles. The molecule has 1 aromatic heterocycles. The molecule has 1 unspecified atom stereocenters. The molecule has 2 N–H and O–H groups in total. The Morgan fingerprint density at radius 1 is 1.10 bits per heavy atom. The van der Waals surface area contributed by atoms with E-state index >= 15 is 0 Å². The van der Waals surface area contributed by atoms with Crippen LogP contribution >= 0.6 is 0 Å². The van der Waals surface area contributed by atoms with Crippen LogP contribution in [-0.2, 0) is 0 Å². The SMILES string of the molecule is CC(Nc1ccccc1-n1cncn1)c1ccccc1O. The van der Waals surface area contributed by atoms with E-state index in [2.05, 4.69) is 15.4 Å². The normalized spacial score (nSPS) is 12.0. The van der Waals surface area contributed by atoms with Crippen molar-refractivity contribution in [3.05, 3.63) is 66.7 Å². The molecule has 3 aromatic rings. The molecule has 0 fully saturated rings. The lowest BCUT2D eigenvalue weighted by molar-refractivity contribution is 0.465. The highest BCUT2D eigenvalue weighted by Gasteiger charge is 2.12. The molecule has 1 heterocycles. The zero-order valence-electron chi connectivity index (χ0n) is 11.6. The number of rotatable bonds is 4. The number of hydrogen-bond donors (Lipinski definition) is 2. The highest BCUT2D eigenvalue weighted by atomic mass is 16.3. The van der Waals surface area contributed by atoms with Crippen molar-refractivity contribution in [1.29, 1.82) is 0 Å². The summed E-state index contributed by atoms with van der Waals surface area (Å²) in [4.78, 5) is 3.98. The molecule has 0 spiro atoms. The standard InChI is InChI=1S/C16H16N4O/c1-12(13-6-2-5-9-16(13)21)19-14-7-3-4-8-15(14)20-11-17-10-18-20/h2-12,19,21H,1H3. The van der Waals surface area contributed by atoms with Gasteiger partial charge in [0.05, 0.1) is 17.4 Å². The van der Waals surface area contributed by atoms with Crippen molar-refractivity contribution in [2.24, 2.45) is 0 Å². The first-order chi connectivity index (χ1) is 10.3. The summed E-state index contributed by atoms with van der Waals surface area (Å²) in [5.74, 6) is 0.288. The van der Waals surface area contributed by atoms with Crippen molar-refractivity contribution < 1.29 is 5.11 Å². The Bertz CT molecular complexity index is 725. The zero-order valence-corrected chi connectivity index (χ0v) is 11.6. The number of phenolic OH excluding ortho intramolecular Hbond substituents is 1. The van der Waals surface area contributed by atoms with Crippen LogP contribution in [0.25, 0.3) is 5.69 Å². The fraction of sp³-hybridized carbons (Fsp3) is 0.125. The highest BCUT2D eigenvalue weighted by Crippen LogP contribution is 2.28. The van der Waals surface area contributed by atoms with Crippen molar-refractivity contribution >= 4 is 5.69 Å². The Balaban J connectivity index is 1.91. The van der Waals surface area contributed by atoms with Crippen molar-refractivity contribution in [1.82, 2.24) is 14.8 Å². The van der Waals surface area contributed by atoms with E-state index in [9.17, 15) is 5.11 Å². The third kappa shape index (κ3) is 2.72. The van der Waals surface area contributed by atoms with Crippen LogP contribution < -0.4 is 5.32 Å². The molecular formula is C16H16N4O. The van der Waals surface area contributed by atoms with Crippen LogP contribution in [0, 0.1) is 0 Å². The first kappa shape index (κ1) is 13.2. The van der Waals surface area contributed by atoms with E-state index in [1.54, 1.807) is 17.1 Å². The minimum absolute atomic E-state index is 0.0316. The summed E-state index contributed by atoms with van der Waals surface area (Å²) >= 11 is 0. The average molecular weight is 280 g/mol. The molecule has 0 saturated heterocycles. The number of aromatic hydroxyl groups is 1. The number of anilines is 1. The molecule has 5 nitrogen and oxygen atoms in total. The van der Waals surface area contributed by atoms with Gasteiger partial charge in [0.25, 0.3) is 0 Å². The molecule has 3 rings (SSSR count). The van der Waals surface area contributed by atoms with Gasteiger partial charge < -0.3 is 10.4 Å². The molecule has 0 saturated carbocycles. The maximum Gasteiger partial charge on any atom is 0.138 e. The van der Waals surface area contributed by atoms with E-state index < -0.39 is 0 Å². The van der Waals surface area contributed by atoms with Gasteiger partial charge >= 0.3 is 0 Å². The Morgan fingerprint density at radius 3 is 2.62 bits per heavy atom. The predicted octanol–water partition coefficient (Wildman–Crippen LogP) is 3.15. The van der Waals surface area contributed by atoms with Gasteiger partial charge in [-0.2, -0.15) is 5.10 Å². The summed E-state index contributed by atoms with van der Waals surface area (Å²) in [7, 11) is 0. The number of phenols is 1. The van der Waals surface area contributed by atoms with Gasteiger partial charge in [-0.25, -0.2) is 9.67 Å². The average Bonchev–Trinajstić information content (AvgIpc) is 3.02. The number of nitrogens with one attached hydrogen (secondary N) is 1. The van der Waals surface area contributed by atoms with Gasteiger partial charge in [0.1, 0.15) is 18.4 Å². The number of para-hydroxylation sites is 3. The maximum absolute atomic E-state index is 9.94. The summed E-state index contributed by atoms with van der Waals surface area (Å²) in [6.07, 6.45) is 3.16. The first-order valence-corrected chi connectivity index (χ1v) is 6.74. The lowest BCUT2D eigenvalue weighted by atomic mass is 10.1. The van der Waals surface area contributed by atoms with Crippen LogP contribution in [0.1, 0.15) is 18.5 Å². The van der Waals surface area contributed by atoms with Gasteiger partial charge in [0, 0.05) is 5.56 Å². The van der Waals surface area contributed by atoms with Crippen LogP contribution in [0.4, 0.5) is 5.69 Å². The highest BCUT2D eigenvalue weighted by molar-refractivity contribution is 5.61. The number of hydrogen-bond acceptors (Lipinski definition) is 4. The second-order valence-electron chi connectivity index (χ2n) is 4.78. The third-order valence-electron chi connectivity index (χ3n) is 3.34. The van der Waals surface area contributed by atoms with Crippen molar-refractivity contribution in [2.45, 2.75) is 13.0 Å². The lowest BCUT2D eigenvalue weighted by Crippen LogP contribution is -2.09. The first-order valence-electron chi connectivity index (χ1n) is 6.74. The minimum atomic E-state index is -0.0316. The van der Waals surface area contributed by atoms with Crippen LogP contribution in [-0.4, -0.2) is 19.9 Å². The fourth-order valence-electron chi connectivity index (χ4n) is 2.29. The minimum Gasteiger partial charge on any atom is -0.508 e. The number of aromatic nitrogens is 3. The van der Waals surface area contributed by atoms with Crippen LogP contribution in [0.15, 0.2) is 61.2 Å². The monoisotopic (exact) mass is 280 g/mol. The summed E-state index contributed by atoms with van der Waals surface area (Å²) in [5, 5.41) is 17.5. The smallest absolute Gasteiger partial charge is 0.138 e. The molecule has 0 aliphatic carbocycles. The summed E-state index contributed by atoms with van der Waals surface area (Å²) in [6, 6.07) is 15.2. The topological polar surface area (TPSA) is 63.0 Å². The van der Waals surface area contributed by atoms with Gasteiger partial charge in [-0.3, -0.25) is 0 Å². The second kappa shape index (κ2) is 5.66. The van der Waals surface area contributed by atoms with Gasteiger partial charge in [-0.1, -0.05) is 30.3 Å². The van der Waals surface area contributed by atoms with E-state index in [-0.39, 0.29) is 11.8 Å². The molecule has 0 amide bonds. The Labute approximate surface area is 122 Å². The number of nitrogens with zero attached hydrogens (tertiary/aromatic N) is 3. The van der Waals surface area contributed by atoms with Gasteiger partial charge in [0.2, 0.25) is 0 Å². The third-order valence-corrected chi connectivity index (χ3v) is 3.34. The van der Waals surface area contributed by atoms with Crippen molar-refractivity contribution in [3.8, 4) is 11.4 Å². The quantitative estimate of drug-likeness (QED) is 0.770. The van der Waals surface area contributed by atoms with E-state index in [0.717, 1.165) is 16.9 Å². The second-order valence-corrected chi connectivity index (χ2v) is 4.78. The largest absolute Gasteiger partial charge is 0.508 e. The fourth-order valence-corrected chi connectivity index (χ4v) is 2.29. The zero-order chi connectivity index (χ0) is 14.7. The molecule has 0 aliphatic rings. The van der Waals surface area contributed by atoms with E-state index in [4.69, 9.17) is 0 Å². The Hall–Kier alpha value is -2.82. The van der Waals surface area contributed by atoms with Crippen LogP contribution in [0.3, 0.4) is 0 Å². The van der Waals surface area contributed by atoms with E-state index in [1.807, 2.05) is 49.4 Å². The van der Waals surface area contributed by atoms with E-state index in [0.29, 0.717) is 0 Å².